The fraction of sp³-hybridized carbons (Fsp3) is 0.250. The monoisotopic (exact) mass is 401 g/mol. The van der Waals surface area contributed by atoms with Crippen LogP contribution < -0.4 is 5.32 Å². The van der Waals surface area contributed by atoms with E-state index in [1.807, 2.05) is 64.1 Å². The molecular weight excluding hydrogens is 382 g/mol. The maximum atomic E-state index is 12.1. The lowest BCUT2D eigenvalue weighted by Crippen LogP contribution is -2.27. The molecule has 0 fully saturated rings. The molecule has 3 aromatic rings. The van der Waals surface area contributed by atoms with Crippen molar-refractivity contribution in [1.82, 2.24) is 0 Å². The lowest BCUT2D eigenvalue weighted by atomic mass is 10.1. The number of halogens is 1. The van der Waals surface area contributed by atoms with Crippen molar-refractivity contribution in [2.45, 2.75) is 33.3 Å². The van der Waals surface area contributed by atoms with Gasteiger partial charge in [-0.3, -0.25) is 5.32 Å². The van der Waals surface area contributed by atoms with Gasteiger partial charge in [-0.25, -0.2) is 4.79 Å². The predicted molar refractivity (Wildman–Crippen MR) is 104 cm³/mol. The Labute approximate surface area is 155 Å². The van der Waals surface area contributed by atoms with Crippen LogP contribution in [0.4, 0.5) is 10.5 Å². The Bertz CT molecular complexity index is 938. The lowest BCUT2D eigenvalue weighted by molar-refractivity contribution is 0.0636. The van der Waals surface area contributed by atoms with Gasteiger partial charge in [0, 0.05) is 10.9 Å². The smallest absolute Gasteiger partial charge is 0.412 e. The summed E-state index contributed by atoms with van der Waals surface area (Å²) in [5.41, 5.74) is 2.80. The Morgan fingerprint density at radius 1 is 1.16 bits per heavy atom. The van der Waals surface area contributed by atoms with Crippen LogP contribution in [0, 0.1) is 6.92 Å². The third-order valence-corrected chi connectivity index (χ3v) is 4.38. The van der Waals surface area contributed by atoms with Crippen molar-refractivity contribution in [3.8, 4) is 11.3 Å². The maximum absolute atomic E-state index is 12.1. The first-order valence-corrected chi connectivity index (χ1v) is 8.82. The molecule has 25 heavy (non-hydrogen) atoms. The summed E-state index contributed by atoms with van der Waals surface area (Å²) in [5.74, 6) is 0.673. The van der Waals surface area contributed by atoms with Gasteiger partial charge in [-0.1, -0.05) is 23.8 Å². The van der Waals surface area contributed by atoms with Gasteiger partial charge in [0.2, 0.25) is 0 Å². The molecule has 0 bridgehead atoms. The quantitative estimate of drug-likeness (QED) is 0.531. The first-order chi connectivity index (χ1) is 11.7. The molecule has 1 heterocycles. The van der Waals surface area contributed by atoms with E-state index in [-0.39, 0.29) is 0 Å². The van der Waals surface area contributed by atoms with Crippen LogP contribution in [-0.2, 0) is 4.74 Å². The van der Waals surface area contributed by atoms with Crippen LogP contribution in [0.1, 0.15) is 26.3 Å². The largest absolute Gasteiger partial charge is 0.455 e. The average molecular weight is 402 g/mol. The Morgan fingerprint density at radius 2 is 1.88 bits per heavy atom. The minimum atomic E-state index is -0.559. The van der Waals surface area contributed by atoms with Gasteiger partial charge in [-0.15, -0.1) is 0 Å². The zero-order chi connectivity index (χ0) is 18.2. The second-order valence-corrected chi connectivity index (χ2v) is 7.71. The number of nitrogens with one attached hydrogen (secondary N) is 1. The van der Waals surface area contributed by atoms with Crippen LogP contribution >= 0.6 is 15.9 Å². The Kier molecular flexibility index (Phi) is 4.60. The van der Waals surface area contributed by atoms with E-state index < -0.39 is 11.7 Å². The minimum absolute atomic E-state index is 0.497. The molecule has 0 saturated heterocycles. The van der Waals surface area contributed by atoms with Gasteiger partial charge in [-0.2, -0.15) is 0 Å². The number of hydrogen-bond acceptors (Lipinski definition) is 3. The number of furan rings is 1. The normalized spacial score (nSPS) is 11.6. The summed E-state index contributed by atoms with van der Waals surface area (Å²) in [6.45, 7) is 7.53. The standard InChI is InChI=1S/C20H20BrNO3/c1-12-9-10-16-14(11-12)17(21)18(24-16)13-7-5-6-8-15(13)22-19(23)25-20(2,3)4/h5-11H,1-4H3,(H,22,23). The summed E-state index contributed by atoms with van der Waals surface area (Å²) < 4.78 is 12.2. The SMILES string of the molecule is Cc1ccc2oc(-c3ccccc3NC(=O)OC(C)(C)C)c(Br)c2c1. The van der Waals surface area contributed by atoms with Gasteiger partial charge in [0.1, 0.15) is 11.2 Å². The third-order valence-electron chi connectivity index (χ3n) is 3.59. The van der Waals surface area contributed by atoms with Gasteiger partial charge in [-0.05, 0) is 67.9 Å². The Hall–Kier alpha value is -2.27. The summed E-state index contributed by atoms with van der Waals surface area (Å²) >= 11 is 3.63. The van der Waals surface area contributed by atoms with Crippen molar-refractivity contribution in [3.05, 3.63) is 52.5 Å². The highest BCUT2D eigenvalue weighted by Gasteiger charge is 2.20. The zero-order valence-corrected chi connectivity index (χ0v) is 16.2. The van der Waals surface area contributed by atoms with Gasteiger partial charge >= 0.3 is 6.09 Å². The van der Waals surface area contributed by atoms with E-state index in [4.69, 9.17) is 9.15 Å². The summed E-state index contributed by atoms with van der Waals surface area (Å²) in [4.78, 5) is 12.1. The molecule has 3 rings (SSSR count). The van der Waals surface area contributed by atoms with Crippen molar-refractivity contribution in [3.63, 3.8) is 0 Å². The molecule has 130 valence electrons. The number of aryl methyl sites for hydroxylation is 1. The first-order valence-electron chi connectivity index (χ1n) is 8.02. The molecule has 0 saturated carbocycles. The van der Waals surface area contributed by atoms with Crippen molar-refractivity contribution in [2.75, 3.05) is 5.32 Å². The number of carbonyl (C=O) groups is 1. The van der Waals surface area contributed by atoms with Crippen LogP contribution in [-0.4, -0.2) is 11.7 Å². The molecular formula is C20H20BrNO3. The highest BCUT2D eigenvalue weighted by molar-refractivity contribution is 9.10. The van der Waals surface area contributed by atoms with E-state index in [0.717, 1.165) is 26.6 Å². The van der Waals surface area contributed by atoms with Crippen molar-refractivity contribution in [2.24, 2.45) is 0 Å². The van der Waals surface area contributed by atoms with Crippen LogP contribution in [0.2, 0.25) is 0 Å². The van der Waals surface area contributed by atoms with E-state index in [1.54, 1.807) is 0 Å². The average Bonchev–Trinajstić information content (AvgIpc) is 2.83. The minimum Gasteiger partial charge on any atom is -0.455 e. The van der Waals surface area contributed by atoms with E-state index in [2.05, 4.69) is 27.3 Å². The van der Waals surface area contributed by atoms with Gasteiger partial charge in [0.15, 0.2) is 5.76 Å². The number of rotatable bonds is 2. The molecule has 0 aliphatic rings. The third kappa shape index (κ3) is 3.87. The van der Waals surface area contributed by atoms with Crippen molar-refractivity contribution >= 4 is 38.7 Å². The first kappa shape index (κ1) is 17.5. The molecule has 0 unspecified atom stereocenters. The molecule has 0 aliphatic carbocycles. The molecule has 1 N–H and O–H groups in total. The van der Waals surface area contributed by atoms with Crippen LogP contribution in [0.25, 0.3) is 22.3 Å². The Morgan fingerprint density at radius 3 is 2.60 bits per heavy atom. The van der Waals surface area contributed by atoms with E-state index in [0.29, 0.717) is 11.4 Å². The summed E-state index contributed by atoms with van der Waals surface area (Å²) in [5, 5.41) is 3.81. The molecule has 4 nitrogen and oxygen atoms in total. The number of fused-ring (bicyclic) bond motifs is 1. The molecule has 0 atom stereocenters. The molecule has 0 aliphatic heterocycles. The lowest BCUT2D eigenvalue weighted by Gasteiger charge is -2.20. The van der Waals surface area contributed by atoms with Gasteiger partial charge in [0.25, 0.3) is 0 Å². The number of amides is 1. The van der Waals surface area contributed by atoms with Crippen molar-refractivity contribution in [1.29, 1.82) is 0 Å². The number of benzene rings is 2. The molecule has 5 heteroatoms. The van der Waals surface area contributed by atoms with Crippen LogP contribution in [0.3, 0.4) is 0 Å². The summed E-state index contributed by atoms with van der Waals surface area (Å²) in [7, 11) is 0. The Balaban J connectivity index is 2.01. The fourth-order valence-electron chi connectivity index (χ4n) is 2.56. The summed E-state index contributed by atoms with van der Waals surface area (Å²) in [6, 6.07) is 13.5. The number of ether oxygens (including phenoxy) is 1. The maximum Gasteiger partial charge on any atom is 0.412 e. The van der Waals surface area contributed by atoms with Crippen LogP contribution in [0.15, 0.2) is 51.4 Å². The predicted octanol–water partition coefficient (Wildman–Crippen LogP) is 6.52. The second kappa shape index (κ2) is 6.56. The molecule has 1 amide bonds. The molecule has 2 aromatic carbocycles. The van der Waals surface area contributed by atoms with Gasteiger partial charge < -0.3 is 9.15 Å². The number of anilines is 1. The number of carbonyl (C=O) groups excluding carboxylic acids is 1. The van der Waals surface area contributed by atoms with E-state index in [1.165, 1.54) is 0 Å². The van der Waals surface area contributed by atoms with Crippen molar-refractivity contribution < 1.29 is 13.9 Å². The summed E-state index contributed by atoms with van der Waals surface area (Å²) in [6.07, 6.45) is -0.497. The van der Waals surface area contributed by atoms with E-state index >= 15 is 0 Å². The van der Waals surface area contributed by atoms with Gasteiger partial charge in [0.05, 0.1) is 10.2 Å². The zero-order valence-electron chi connectivity index (χ0n) is 14.6. The van der Waals surface area contributed by atoms with Crippen LogP contribution in [0.5, 0.6) is 0 Å². The fourth-order valence-corrected chi connectivity index (χ4v) is 3.16. The molecule has 1 aromatic heterocycles. The molecule has 0 spiro atoms. The topological polar surface area (TPSA) is 51.5 Å². The van der Waals surface area contributed by atoms with E-state index in [9.17, 15) is 4.79 Å². The second-order valence-electron chi connectivity index (χ2n) is 6.92. The highest BCUT2D eigenvalue weighted by Crippen LogP contribution is 2.40. The molecule has 0 radical (unpaired) electrons. The highest BCUT2D eigenvalue weighted by atomic mass is 79.9. The number of hydrogen-bond donors (Lipinski definition) is 1. The number of para-hydroxylation sites is 1.